The number of aliphatic imine (C=N–C) groups is 2. The Labute approximate surface area is 175 Å². The van der Waals surface area contributed by atoms with Crippen molar-refractivity contribution in [2.75, 3.05) is 18.5 Å². The van der Waals surface area contributed by atoms with Crippen molar-refractivity contribution in [2.24, 2.45) is 9.98 Å². The summed E-state index contributed by atoms with van der Waals surface area (Å²) in [6.45, 7) is 8.17. The highest BCUT2D eigenvalue weighted by Crippen LogP contribution is 2.46. The number of nitrogens with one attached hydrogen (secondary N) is 1. The Hall–Kier alpha value is -3.35. The molecule has 0 saturated carbocycles. The number of rotatable bonds is 3. The maximum atomic E-state index is 13.4. The van der Waals surface area contributed by atoms with E-state index in [1.807, 2.05) is 58.2 Å². The Morgan fingerprint density at radius 2 is 1.97 bits per heavy atom. The Morgan fingerprint density at radius 1 is 1.20 bits per heavy atom. The molecule has 0 radical (unpaired) electrons. The summed E-state index contributed by atoms with van der Waals surface area (Å²) in [6.07, 6.45) is 1.91. The van der Waals surface area contributed by atoms with Gasteiger partial charge in [0.25, 0.3) is 5.91 Å². The third kappa shape index (κ3) is 3.10. The van der Waals surface area contributed by atoms with Crippen LogP contribution >= 0.6 is 0 Å². The summed E-state index contributed by atoms with van der Waals surface area (Å²) >= 11 is 0. The molecule has 2 aromatic rings. The molecule has 1 N–H and O–H groups in total. The number of fused-ring (bicyclic) bond motifs is 1. The van der Waals surface area contributed by atoms with Gasteiger partial charge in [-0.05, 0) is 56.5 Å². The van der Waals surface area contributed by atoms with E-state index in [0.29, 0.717) is 18.1 Å². The van der Waals surface area contributed by atoms with Gasteiger partial charge in [-0.1, -0.05) is 18.2 Å². The minimum absolute atomic E-state index is 0.0621. The highest BCUT2D eigenvalue weighted by atomic mass is 16.2. The van der Waals surface area contributed by atoms with Crippen LogP contribution in [0.15, 0.2) is 40.3 Å². The minimum Gasteiger partial charge on any atom is -0.354 e. The number of benzene rings is 1. The molecule has 2 amide bonds. The molecule has 0 fully saturated rings. The topological polar surface area (TPSA) is 87.0 Å². The first-order valence-electron chi connectivity index (χ1n) is 9.98. The molecule has 0 saturated heterocycles. The van der Waals surface area contributed by atoms with E-state index in [9.17, 15) is 9.59 Å². The van der Waals surface area contributed by atoms with Crippen LogP contribution in [0.25, 0.3) is 0 Å². The molecule has 1 aromatic carbocycles. The van der Waals surface area contributed by atoms with Gasteiger partial charge in [0.15, 0.2) is 0 Å². The van der Waals surface area contributed by atoms with Crippen LogP contribution in [-0.4, -0.2) is 42.4 Å². The molecule has 30 heavy (non-hydrogen) atoms. The van der Waals surface area contributed by atoms with E-state index in [2.05, 4.69) is 20.3 Å². The van der Waals surface area contributed by atoms with Crippen molar-refractivity contribution in [3.63, 3.8) is 0 Å². The number of hydrogen-bond donors (Lipinski definition) is 1. The fourth-order valence-electron chi connectivity index (χ4n) is 3.92. The van der Waals surface area contributed by atoms with Crippen molar-refractivity contribution in [2.45, 2.75) is 39.0 Å². The van der Waals surface area contributed by atoms with E-state index < -0.39 is 5.41 Å². The number of aromatic nitrogens is 1. The van der Waals surface area contributed by atoms with Crippen LogP contribution in [0, 0.1) is 6.92 Å². The van der Waals surface area contributed by atoms with Crippen molar-refractivity contribution in [3.05, 3.63) is 52.7 Å². The zero-order chi connectivity index (χ0) is 21.6. The van der Waals surface area contributed by atoms with Gasteiger partial charge < -0.3 is 5.32 Å². The molecule has 1 atom stereocenters. The molecule has 2 aliphatic rings. The predicted molar refractivity (Wildman–Crippen MR) is 118 cm³/mol. The molecule has 3 heterocycles. The number of carbonyl (C=O) groups is 2. The summed E-state index contributed by atoms with van der Waals surface area (Å²) in [6, 6.07) is 9.68. The monoisotopic (exact) mass is 403 g/mol. The third-order valence-corrected chi connectivity index (χ3v) is 5.81. The lowest BCUT2D eigenvalue weighted by Gasteiger charge is -2.21. The SMILES string of the molecule is CNC(=O)c1nc(N2C(=O)C(C)(C)c3ccc(C4C=NC(C)=NC4)cc32)ccc1C. The fraction of sp³-hybridized carbons (Fsp3) is 0.348. The Morgan fingerprint density at radius 3 is 2.63 bits per heavy atom. The number of hydrogen-bond acceptors (Lipinski definition) is 5. The van der Waals surface area contributed by atoms with Gasteiger partial charge in [-0.2, -0.15) is 0 Å². The van der Waals surface area contributed by atoms with Gasteiger partial charge in [-0.15, -0.1) is 0 Å². The number of carbonyl (C=O) groups excluding carboxylic acids is 2. The normalized spacial score (nSPS) is 19.5. The summed E-state index contributed by atoms with van der Waals surface area (Å²) in [5.41, 5.74) is 3.15. The van der Waals surface area contributed by atoms with Gasteiger partial charge in [-0.3, -0.25) is 19.5 Å². The highest BCUT2D eigenvalue weighted by Gasteiger charge is 2.45. The van der Waals surface area contributed by atoms with E-state index in [4.69, 9.17) is 0 Å². The Kier molecular flexibility index (Phi) is 4.76. The smallest absolute Gasteiger partial charge is 0.269 e. The maximum Gasteiger partial charge on any atom is 0.269 e. The number of nitrogens with zero attached hydrogens (tertiary/aromatic N) is 4. The molecule has 1 aromatic heterocycles. The first kappa shape index (κ1) is 19.9. The average molecular weight is 403 g/mol. The molecule has 154 valence electrons. The molecule has 4 rings (SSSR count). The largest absolute Gasteiger partial charge is 0.354 e. The summed E-state index contributed by atoms with van der Waals surface area (Å²) < 4.78 is 0. The summed E-state index contributed by atoms with van der Waals surface area (Å²) in [5, 5.41) is 2.61. The van der Waals surface area contributed by atoms with Crippen LogP contribution in [0.1, 0.15) is 53.9 Å². The number of amides is 2. The molecule has 7 nitrogen and oxygen atoms in total. The summed E-state index contributed by atoms with van der Waals surface area (Å²) in [4.78, 5) is 40.6. The van der Waals surface area contributed by atoms with Gasteiger partial charge in [-0.25, -0.2) is 9.98 Å². The molecular formula is C23H25N5O2. The lowest BCUT2D eigenvalue weighted by molar-refractivity contribution is -0.121. The summed E-state index contributed by atoms with van der Waals surface area (Å²) in [5.74, 6) is 0.934. The fourth-order valence-corrected chi connectivity index (χ4v) is 3.92. The predicted octanol–water partition coefficient (Wildman–Crippen LogP) is 3.29. The van der Waals surface area contributed by atoms with E-state index >= 15 is 0 Å². The Balaban J connectivity index is 1.82. The lowest BCUT2D eigenvalue weighted by Crippen LogP contribution is -2.34. The zero-order valence-corrected chi connectivity index (χ0v) is 17.9. The maximum absolute atomic E-state index is 13.4. The van der Waals surface area contributed by atoms with Crippen LogP contribution < -0.4 is 10.2 Å². The van der Waals surface area contributed by atoms with Crippen molar-refractivity contribution >= 4 is 35.4 Å². The second kappa shape index (κ2) is 7.16. The second-order valence-electron chi connectivity index (χ2n) is 8.23. The Bertz CT molecular complexity index is 1120. The van der Waals surface area contributed by atoms with E-state index in [1.54, 1.807) is 18.0 Å². The van der Waals surface area contributed by atoms with E-state index in [-0.39, 0.29) is 17.7 Å². The minimum atomic E-state index is -0.691. The van der Waals surface area contributed by atoms with Gasteiger partial charge in [0, 0.05) is 19.2 Å². The van der Waals surface area contributed by atoms with Crippen molar-refractivity contribution in [1.29, 1.82) is 0 Å². The molecule has 2 aliphatic heterocycles. The van der Waals surface area contributed by atoms with Crippen LogP contribution in [0.3, 0.4) is 0 Å². The van der Waals surface area contributed by atoms with Crippen molar-refractivity contribution < 1.29 is 9.59 Å². The molecule has 1 unspecified atom stereocenters. The number of aryl methyl sites for hydroxylation is 1. The van der Waals surface area contributed by atoms with Crippen LogP contribution in [0.4, 0.5) is 11.5 Å². The van der Waals surface area contributed by atoms with Crippen molar-refractivity contribution in [3.8, 4) is 0 Å². The standard InChI is InChI=1S/C23H25N5O2/c1-13-6-9-19(27-20(13)21(29)24-5)28-18-10-15(16-11-25-14(2)26-12-16)7-8-17(18)23(3,4)22(28)30/h6-11,16H,12H2,1-5H3,(H,24,29). The third-order valence-electron chi connectivity index (χ3n) is 5.81. The van der Waals surface area contributed by atoms with Crippen LogP contribution in [-0.2, 0) is 10.2 Å². The number of pyridine rings is 1. The van der Waals surface area contributed by atoms with Gasteiger partial charge >= 0.3 is 0 Å². The quantitative estimate of drug-likeness (QED) is 0.853. The first-order chi connectivity index (χ1) is 14.2. The number of amidine groups is 1. The number of anilines is 2. The van der Waals surface area contributed by atoms with Gasteiger partial charge in [0.2, 0.25) is 5.91 Å². The second-order valence-corrected chi connectivity index (χ2v) is 8.23. The molecular weight excluding hydrogens is 378 g/mol. The molecule has 7 heteroatoms. The average Bonchev–Trinajstić information content (AvgIpc) is 2.94. The summed E-state index contributed by atoms with van der Waals surface area (Å²) in [7, 11) is 1.57. The van der Waals surface area contributed by atoms with Gasteiger partial charge in [0.05, 0.1) is 17.6 Å². The lowest BCUT2D eigenvalue weighted by atomic mass is 9.85. The molecule has 0 spiro atoms. The van der Waals surface area contributed by atoms with Gasteiger partial charge in [0.1, 0.15) is 17.3 Å². The molecule has 0 aliphatic carbocycles. The zero-order valence-electron chi connectivity index (χ0n) is 17.9. The first-order valence-corrected chi connectivity index (χ1v) is 9.98. The van der Waals surface area contributed by atoms with Crippen LogP contribution in [0.2, 0.25) is 0 Å². The van der Waals surface area contributed by atoms with Crippen LogP contribution in [0.5, 0.6) is 0 Å². The highest BCUT2D eigenvalue weighted by molar-refractivity contribution is 6.12. The van der Waals surface area contributed by atoms with E-state index in [1.165, 1.54) is 0 Å². The van der Waals surface area contributed by atoms with E-state index in [0.717, 1.165) is 28.2 Å². The molecule has 0 bridgehead atoms. The van der Waals surface area contributed by atoms with Crippen molar-refractivity contribution in [1.82, 2.24) is 10.3 Å².